The number of halogens is 2. The monoisotopic (exact) mass is 403 g/mol. The summed E-state index contributed by atoms with van der Waals surface area (Å²) in [5.74, 6) is -0.359. The number of nitrogens with zero attached hydrogens (tertiary/aromatic N) is 2. The van der Waals surface area contributed by atoms with Crippen molar-refractivity contribution in [1.29, 1.82) is 0 Å². The van der Waals surface area contributed by atoms with Gasteiger partial charge in [0.1, 0.15) is 5.82 Å². The fraction of sp³-hybridized carbons (Fsp3) is 0.250. The lowest BCUT2D eigenvalue weighted by Crippen LogP contribution is -2.34. The minimum atomic E-state index is -3.85. The third-order valence-corrected chi connectivity index (χ3v) is 5.66. The number of likely N-dealkylation sites (N-methyl/N-ethyl adjacent to an activating group) is 1. The Hall–Kier alpha value is -2.07. The minimum Gasteiger partial charge on any atom is -0.323 e. The molecule has 0 aliphatic rings. The Morgan fingerprint density at radius 2 is 1.81 bits per heavy atom. The Morgan fingerprint density at radius 1 is 1.23 bits per heavy atom. The average molecular weight is 404 g/mol. The molecule has 7 nitrogen and oxygen atoms in total. The third-order valence-electron chi connectivity index (χ3n) is 3.82. The molecule has 0 spiro atoms. The second-order valence-electron chi connectivity index (χ2n) is 5.65. The van der Waals surface area contributed by atoms with Crippen molar-refractivity contribution < 1.29 is 17.7 Å². The van der Waals surface area contributed by atoms with Gasteiger partial charge in [0.15, 0.2) is 0 Å². The summed E-state index contributed by atoms with van der Waals surface area (Å²) >= 11 is 0. The zero-order valence-corrected chi connectivity index (χ0v) is 15.8. The zero-order valence-electron chi connectivity index (χ0n) is 14.1. The second-order valence-corrected chi connectivity index (χ2v) is 7.70. The lowest BCUT2D eigenvalue weighted by Gasteiger charge is -2.22. The van der Waals surface area contributed by atoms with Gasteiger partial charge in [0.05, 0.1) is 9.82 Å². The number of nitrogens with two attached hydrogens (primary N) is 1. The second kappa shape index (κ2) is 8.54. The molecule has 0 fully saturated rings. The molecule has 0 aliphatic heterocycles. The van der Waals surface area contributed by atoms with E-state index in [1.165, 1.54) is 31.3 Å². The Balaban J connectivity index is 0.00000338. The maximum atomic E-state index is 13.3. The van der Waals surface area contributed by atoms with Crippen LogP contribution in [0.3, 0.4) is 0 Å². The van der Waals surface area contributed by atoms with Crippen molar-refractivity contribution >= 4 is 28.1 Å². The van der Waals surface area contributed by atoms with Crippen LogP contribution < -0.4 is 5.73 Å². The first kappa shape index (κ1) is 22.0. The van der Waals surface area contributed by atoms with Crippen LogP contribution >= 0.6 is 12.4 Å². The van der Waals surface area contributed by atoms with Crippen molar-refractivity contribution in [3.63, 3.8) is 0 Å². The summed E-state index contributed by atoms with van der Waals surface area (Å²) in [6.45, 7) is 1.58. The molecule has 10 heteroatoms. The predicted molar refractivity (Wildman–Crippen MR) is 98.2 cm³/mol. The molecule has 0 saturated heterocycles. The lowest BCUT2D eigenvalue weighted by atomic mass is 10.0. The van der Waals surface area contributed by atoms with E-state index >= 15 is 0 Å². The number of hydrogen-bond donors (Lipinski definition) is 1. The third kappa shape index (κ3) is 4.76. The number of aryl methyl sites for hydroxylation is 1. The van der Waals surface area contributed by atoms with Crippen molar-refractivity contribution in [2.24, 2.45) is 5.73 Å². The number of benzene rings is 2. The van der Waals surface area contributed by atoms with Crippen LogP contribution in [0.25, 0.3) is 0 Å². The smallest absolute Gasteiger partial charge is 0.269 e. The van der Waals surface area contributed by atoms with Crippen LogP contribution in [0.4, 0.5) is 10.1 Å². The van der Waals surface area contributed by atoms with Crippen LogP contribution in [0.5, 0.6) is 0 Å². The first-order valence-electron chi connectivity index (χ1n) is 7.35. The molecule has 2 aromatic carbocycles. The molecule has 0 aliphatic carbocycles. The number of nitro benzene ring substituents is 1. The summed E-state index contributed by atoms with van der Waals surface area (Å²) in [5.41, 5.74) is 6.88. The topological polar surface area (TPSA) is 107 Å². The molecule has 2 aromatic rings. The van der Waals surface area contributed by atoms with E-state index in [9.17, 15) is 22.9 Å². The number of hydrogen-bond acceptors (Lipinski definition) is 5. The fourth-order valence-electron chi connectivity index (χ4n) is 2.30. The Labute approximate surface area is 157 Å². The maximum Gasteiger partial charge on any atom is 0.269 e. The lowest BCUT2D eigenvalue weighted by molar-refractivity contribution is -0.384. The average Bonchev–Trinajstić information content (AvgIpc) is 2.57. The SMILES string of the molecule is Cc1cc(C(N)CN(C)S(=O)(=O)c2ccc([N+](=O)[O-])cc2)ccc1F.Cl. The molecule has 2 N–H and O–H groups in total. The number of non-ortho nitro benzene ring substituents is 1. The van der Waals surface area contributed by atoms with Crippen molar-refractivity contribution in [3.8, 4) is 0 Å². The molecule has 1 unspecified atom stereocenters. The highest BCUT2D eigenvalue weighted by molar-refractivity contribution is 7.89. The quantitative estimate of drug-likeness (QED) is 0.589. The van der Waals surface area contributed by atoms with E-state index in [1.54, 1.807) is 13.0 Å². The van der Waals surface area contributed by atoms with Gasteiger partial charge in [-0.1, -0.05) is 12.1 Å². The summed E-state index contributed by atoms with van der Waals surface area (Å²) < 4.78 is 39.5. The molecule has 0 saturated carbocycles. The van der Waals surface area contributed by atoms with Gasteiger partial charge in [0.2, 0.25) is 10.0 Å². The van der Waals surface area contributed by atoms with Crippen LogP contribution in [-0.2, 0) is 10.0 Å². The first-order valence-corrected chi connectivity index (χ1v) is 8.79. The molecule has 0 aromatic heterocycles. The van der Waals surface area contributed by atoms with E-state index in [0.717, 1.165) is 16.4 Å². The number of nitro groups is 1. The maximum absolute atomic E-state index is 13.3. The molecule has 1 atom stereocenters. The summed E-state index contributed by atoms with van der Waals surface area (Å²) in [6.07, 6.45) is 0. The highest BCUT2D eigenvalue weighted by Crippen LogP contribution is 2.21. The summed E-state index contributed by atoms with van der Waals surface area (Å²) in [6, 6.07) is 8.35. The Kier molecular flexibility index (Phi) is 7.22. The van der Waals surface area contributed by atoms with Gasteiger partial charge in [-0.15, -0.1) is 12.4 Å². The molecule has 0 amide bonds. The van der Waals surface area contributed by atoms with E-state index in [4.69, 9.17) is 5.73 Å². The largest absolute Gasteiger partial charge is 0.323 e. The molecular weight excluding hydrogens is 385 g/mol. The van der Waals surface area contributed by atoms with Gasteiger partial charge in [0, 0.05) is 31.8 Å². The molecule has 0 heterocycles. The van der Waals surface area contributed by atoms with Crippen molar-refractivity contribution in [1.82, 2.24) is 4.31 Å². The van der Waals surface area contributed by atoms with E-state index in [0.29, 0.717) is 11.1 Å². The van der Waals surface area contributed by atoms with Crippen LogP contribution in [0.15, 0.2) is 47.4 Å². The van der Waals surface area contributed by atoms with Gasteiger partial charge in [0.25, 0.3) is 5.69 Å². The fourth-order valence-corrected chi connectivity index (χ4v) is 3.50. The normalized spacial score (nSPS) is 12.5. The van der Waals surface area contributed by atoms with E-state index < -0.39 is 21.0 Å². The molecule has 142 valence electrons. The first-order chi connectivity index (χ1) is 11.6. The Morgan fingerprint density at radius 3 is 2.31 bits per heavy atom. The van der Waals surface area contributed by atoms with Crippen LogP contribution in [0.2, 0.25) is 0 Å². The molecule has 0 bridgehead atoms. The summed E-state index contributed by atoms with van der Waals surface area (Å²) in [7, 11) is -2.48. The van der Waals surface area contributed by atoms with Gasteiger partial charge >= 0.3 is 0 Å². The van der Waals surface area contributed by atoms with E-state index in [-0.39, 0.29) is 35.4 Å². The van der Waals surface area contributed by atoms with Crippen LogP contribution in [0.1, 0.15) is 17.2 Å². The van der Waals surface area contributed by atoms with Crippen molar-refractivity contribution in [2.75, 3.05) is 13.6 Å². The molecular formula is C16H19ClFN3O4S. The zero-order chi connectivity index (χ0) is 18.8. The van der Waals surface area contributed by atoms with Crippen LogP contribution in [-0.4, -0.2) is 31.2 Å². The minimum absolute atomic E-state index is 0. The summed E-state index contributed by atoms with van der Waals surface area (Å²) in [4.78, 5) is 9.98. The molecule has 0 radical (unpaired) electrons. The molecule has 26 heavy (non-hydrogen) atoms. The highest BCUT2D eigenvalue weighted by Gasteiger charge is 2.24. The number of rotatable bonds is 6. The number of sulfonamides is 1. The van der Waals surface area contributed by atoms with Gasteiger partial charge in [-0.25, -0.2) is 12.8 Å². The van der Waals surface area contributed by atoms with Gasteiger partial charge in [-0.05, 0) is 36.2 Å². The highest BCUT2D eigenvalue weighted by atomic mass is 35.5. The predicted octanol–water partition coefficient (Wildman–Crippen LogP) is 2.78. The van der Waals surface area contributed by atoms with E-state index in [1.807, 2.05) is 0 Å². The standard InChI is InChI=1S/C16H18FN3O4S.ClH/c1-11-9-12(3-8-15(11)17)16(18)10-19(2)25(23,24)14-6-4-13(5-7-14)20(21)22;/h3-9,16H,10,18H2,1-2H3;1H. The van der Waals surface area contributed by atoms with Gasteiger partial charge < -0.3 is 5.73 Å². The van der Waals surface area contributed by atoms with Gasteiger partial charge in [-0.3, -0.25) is 10.1 Å². The van der Waals surface area contributed by atoms with E-state index in [2.05, 4.69) is 0 Å². The van der Waals surface area contributed by atoms with Gasteiger partial charge in [-0.2, -0.15) is 4.31 Å². The van der Waals surface area contributed by atoms with Crippen molar-refractivity contribution in [3.05, 3.63) is 69.5 Å². The Bertz CT molecular complexity index is 891. The van der Waals surface area contributed by atoms with Crippen LogP contribution in [0, 0.1) is 22.9 Å². The summed E-state index contributed by atoms with van der Waals surface area (Å²) in [5, 5.41) is 10.7. The molecule has 2 rings (SSSR count). The van der Waals surface area contributed by atoms with Crippen molar-refractivity contribution in [2.45, 2.75) is 17.9 Å².